The first-order valence-electron chi connectivity index (χ1n) is 7.14. The minimum atomic E-state index is -3.59. The normalized spacial score (nSPS) is 13.4. The second-order valence-electron chi connectivity index (χ2n) is 5.67. The highest BCUT2D eigenvalue weighted by molar-refractivity contribution is 7.89. The summed E-state index contributed by atoms with van der Waals surface area (Å²) in [5.41, 5.74) is 0.898. The molecule has 21 heavy (non-hydrogen) atoms. The molecule has 0 aromatic heterocycles. The summed E-state index contributed by atoms with van der Waals surface area (Å²) in [5, 5.41) is 3.01. The monoisotopic (exact) mass is 314 g/mol. The third-order valence-corrected chi connectivity index (χ3v) is 4.69. The Hall–Kier alpha value is -1.11. The van der Waals surface area contributed by atoms with Gasteiger partial charge >= 0.3 is 0 Å². The van der Waals surface area contributed by atoms with Crippen molar-refractivity contribution in [2.45, 2.75) is 44.7 Å². The van der Waals surface area contributed by atoms with E-state index in [1.54, 1.807) is 12.1 Å². The molecule has 1 atom stereocenters. The fraction of sp³-hybridized carbons (Fsp3) is 0.600. The van der Waals surface area contributed by atoms with Crippen molar-refractivity contribution in [3.63, 3.8) is 0 Å². The van der Waals surface area contributed by atoms with Crippen LogP contribution >= 0.6 is 0 Å². The van der Waals surface area contributed by atoms with Crippen LogP contribution in [0.3, 0.4) is 0 Å². The molecule has 0 aliphatic heterocycles. The van der Waals surface area contributed by atoms with Crippen molar-refractivity contribution in [3.8, 4) is 5.75 Å². The molecule has 1 aromatic rings. The largest absolute Gasteiger partial charge is 0.495 e. The molecule has 5 nitrogen and oxygen atoms in total. The van der Waals surface area contributed by atoms with Gasteiger partial charge in [-0.15, -0.1) is 0 Å². The van der Waals surface area contributed by atoms with Crippen LogP contribution in [0.15, 0.2) is 23.1 Å². The topological polar surface area (TPSA) is 67.4 Å². The summed E-state index contributed by atoms with van der Waals surface area (Å²) >= 11 is 0. The molecule has 0 aliphatic rings. The molecule has 0 aliphatic carbocycles. The molecule has 0 bridgehead atoms. The molecule has 0 fully saturated rings. The average Bonchev–Trinajstić information content (AvgIpc) is 2.37. The summed E-state index contributed by atoms with van der Waals surface area (Å²) in [7, 11) is -0.295. The van der Waals surface area contributed by atoms with E-state index in [0.717, 1.165) is 12.0 Å². The highest BCUT2D eigenvalue weighted by Gasteiger charge is 2.22. The third-order valence-electron chi connectivity index (χ3n) is 3.08. The van der Waals surface area contributed by atoms with E-state index in [-0.39, 0.29) is 10.9 Å². The van der Waals surface area contributed by atoms with Crippen LogP contribution in [0, 0.1) is 5.92 Å². The third kappa shape index (κ3) is 5.30. The van der Waals surface area contributed by atoms with Gasteiger partial charge in [0.15, 0.2) is 0 Å². The molecule has 0 radical (unpaired) electrons. The summed E-state index contributed by atoms with van der Waals surface area (Å²) in [5.74, 6) is 0.791. The second kappa shape index (κ2) is 7.77. The maximum Gasteiger partial charge on any atom is 0.244 e. The predicted octanol–water partition coefficient (Wildman–Crippen LogP) is 2.13. The van der Waals surface area contributed by atoms with Gasteiger partial charge in [-0.2, -0.15) is 0 Å². The van der Waals surface area contributed by atoms with Crippen LogP contribution in [0.25, 0.3) is 0 Å². The molecule has 0 amide bonds. The molecule has 1 unspecified atom stereocenters. The van der Waals surface area contributed by atoms with Gasteiger partial charge in [-0.3, -0.25) is 0 Å². The minimum absolute atomic E-state index is 0.118. The molecule has 0 heterocycles. The lowest BCUT2D eigenvalue weighted by Gasteiger charge is -2.18. The zero-order valence-electron chi connectivity index (χ0n) is 13.4. The van der Waals surface area contributed by atoms with Gasteiger partial charge in [-0.05, 0) is 44.0 Å². The summed E-state index contributed by atoms with van der Waals surface area (Å²) in [6.45, 7) is 6.62. The molecule has 1 rings (SSSR count). The van der Waals surface area contributed by atoms with Gasteiger partial charge in [-0.1, -0.05) is 19.9 Å². The molecular weight excluding hydrogens is 288 g/mol. The van der Waals surface area contributed by atoms with Gasteiger partial charge in [-0.25, -0.2) is 13.1 Å². The van der Waals surface area contributed by atoms with E-state index in [1.165, 1.54) is 7.11 Å². The number of sulfonamides is 1. The van der Waals surface area contributed by atoms with Crippen LogP contribution in [-0.2, 0) is 16.6 Å². The molecule has 120 valence electrons. The minimum Gasteiger partial charge on any atom is -0.495 e. The lowest BCUT2D eigenvalue weighted by molar-refractivity contribution is 0.401. The first kappa shape index (κ1) is 17.9. The van der Waals surface area contributed by atoms with Crippen molar-refractivity contribution in [2.24, 2.45) is 5.92 Å². The van der Waals surface area contributed by atoms with Crippen LogP contribution in [0.2, 0.25) is 0 Å². The summed E-state index contributed by atoms with van der Waals surface area (Å²) in [6.07, 6.45) is 0.789. The van der Waals surface area contributed by atoms with Crippen LogP contribution in [0.5, 0.6) is 5.75 Å². The van der Waals surface area contributed by atoms with Crippen LogP contribution in [-0.4, -0.2) is 28.6 Å². The Morgan fingerprint density at radius 1 is 1.24 bits per heavy atom. The predicted molar refractivity (Wildman–Crippen MR) is 85.0 cm³/mol. The van der Waals surface area contributed by atoms with Gasteiger partial charge in [0, 0.05) is 12.6 Å². The fourth-order valence-corrected chi connectivity index (χ4v) is 3.80. The first-order chi connectivity index (χ1) is 9.80. The number of rotatable bonds is 8. The number of ether oxygens (including phenoxy) is 1. The van der Waals surface area contributed by atoms with Gasteiger partial charge < -0.3 is 10.1 Å². The van der Waals surface area contributed by atoms with E-state index < -0.39 is 10.0 Å². The maximum atomic E-state index is 12.5. The van der Waals surface area contributed by atoms with Crippen molar-refractivity contribution in [1.82, 2.24) is 10.0 Å². The molecule has 0 saturated heterocycles. The fourth-order valence-electron chi connectivity index (χ4n) is 2.33. The zero-order chi connectivity index (χ0) is 16.0. The summed E-state index contributed by atoms with van der Waals surface area (Å²) < 4.78 is 33.0. The zero-order valence-corrected chi connectivity index (χ0v) is 14.3. The Bertz CT molecular complexity index is 556. The van der Waals surface area contributed by atoms with E-state index in [4.69, 9.17) is 4.74 Å². The highest BCUT2D eigenvalue weighted by atomic mass is 32.2. The Morgan fingerprint density at radius 2 is 1.90 bits per heavy atom. The lowest BCUT2D eigenvalue weighted by Crippen LogP contribution is -2.33. The molecule has 1 aromatic carbocycles. The molecule has 2 N–H and O–H groups in total. The molecule has 0 saturated carbocycles. The second-order valence-corrected chi connectivity index (χ2v) is 7.35. The van der Waals surface area contributed by atoms with E-state index >= 15 is 0 Å². The summed E-state index contributed by atoms with van der Waals surface area (Å²) in [6, 6.07) is 5.08. The lowest BCUT2D eigenvalue weighted by atomic mass is 10.1. The van der Waals surface area contributed by atoms with Crippen LogP contribution < -0.4 is 14.8 Å². The van der Waals surface area contributed by atoms with E-state index in [9.17, 15) is 8.42 Å². The van der Waals surface area contributed by atoms with E-state index in [0.29, 0.717) is 18.2 Å². The van der Waals surface area contributed by atoms with Gasteiger partial charge in [0.2, 0.25) is 10.0 Å². The molecule has 0 spiro atoms. The van der Waals surface area contributed by atoms with Crippen molar-refractivity contribution in [3.05, 3.63) is 23.8 Å². The molecular formula is C15H26N2O3S. The molecule has 6 heteroatoms. The quantitative estimate of drug-likeness (QED) is 0.771. The standard InChI is InChI=1S/C15H26N2O3S/c1-11(2)8-12(3)17-21(18,19)15-9-13(10-16-4)6-7-14(15)20-5/h6-7,9,11-12,16-17H,8,10H2,1-5H3. The van der Waals surface area contributed by atoms with E-state index in [2.05, 4.69) is 23.9 Å². The Kier molecular flexibility index (Phi) is 6.64. The van der Waals surface area contributed by atoms with Crippen molar-refractivity contribution in [2.75, 3.05) is 14.2 Å². The summed E-state index contributed by atoms with van der Waals surface area (Å²) in [4.78, 5) is 0.188. The smallest absolute Gasteiger partial charge is 0.244 e. The number of nitrogens with one attached hydrogen (secondary N) is 2. The number of benzene rings is 1. The number of methoxy groups -OCH3 is 1. The Morgan fingerprint density at radius 3 is 2.43 bits per heavy atom. The maximum absolute atomic E-state index is 12.5. The van der Waals surface area contributed by atoms with Gasteiger partial charge in [0.25, 0.3) is 0 Å². The average molecular weight is 314 g/mol. The number of hydrogen-bond donors (Lipinski definition) is 2. The van der Waals surface area contributed by atoms with Crippen LogP contribution in [0.4, 0.5) is 0 Å². The number of hydrogen-bond acceptors (Lipinski definition) is 4. The van der Waals surface area contributed by atoms with Crippen molar-refractivity contribution >= 4 is 10.0 Å². The van der Waals surface area contributed by atoms with Gasteiger partial charge in [0.1, 0.15) is 10.6 Å². The van der Waals surface area contributed by atoms with Crippen LogP contribution in [0.1, 0.15) is 32.8 Å². The van der Waals surface area contributed by atoms with Crippen molar-refractivity contribution < 1.29 is 13.2 Å². The van der Waals surface area contributed by atoms with Crippen molar-refractivity contribution in [1.29, 1.82) is 0 Å². The Labute approximate surface area is 128 Å². The highest BCUT2D eigenvalue weighted by Crippen LogP contribution is 2.25. The van der Waals surface area contributed by atoms with E-state index in [1.807, 2.05) is 20.0 Å². The first-order valence-corrected chi connectivity index (χ1v) is 8.62. The Balaban J connectivity index is 3.07. The SMILES string of the molecule is CNCc1ccc(OC)c(S(=O)(=O)NC(C)CC(C)C)c1. The van der Waals surface area contributed by atoms with Gasteiger partial charge in [0.05, 0.1) is 7.11 Å².